The highest BCUT2D eigenvalue weighted by Crippen LogP contribution is 2.46. The van der Waals surface area contributed by atoms with Crippen molar-refractivity contribution in [3.05, 3.63) is 95.6 Å². The fourth-order valence-electron chi connectivity index (χ4n) is 5.17. The number of anilines is 1. The molecule has 4 aromatic carbocycles. The van der Waals surface area contributed by atoms with E-state index in [-0.39, 0.29) is 11.5 Å². The summed E-state index contributed by atoms with van der Waals surface area (Å²) in [6, 6.07) is 26.0. The van der Waals surface area contributed by atoms with E-state index in [1.807, 2.05) is 60.3 Å². The predicted molar refractivity (Wildman–Crippen MR) is 170 cm³/mol. The van der Waals surface area contributed by atoms with Crippen molar-refractivity contribution in [3.63, 3.8) is 0 Å². The molecule has 4 aromatic rings. The first-order valence-electron chi connectivity index (χ1n) is 14.2. The zero-order valence-electron chi connectivity index (χ0n) is 25.0. The number of ether oxygens (including phenoxy) is 6. The molecule has 0 radical (unpaired) electrons. The van der Waals surface area contributed by atoms with Crippen molar-refractivity contribution in [2.45, 2.75) is 22.8 Å². The third-order valence-corrected chi connectivity index (χ3v) is 8.67. The van der Waals surface area contributed by atoms with Gasteiger partial charge in [0.05, 0.1) is 34.2 Å². The van der Waals surface area contributed by atoms with Crippen LogP contribution >= 0.6 is 11.8 Å². The van der Waals surface area contributed by atoms with E-state index in [2.05, 4.69) is 40.8 Å². The largest absolute Gasteiger partial charge is 0.493 e. The van der Waals surface area contributed by atoms with Crippen LogP contribution < -0.4 is 33.7 Å². The molecule has 2 aliphatic heterocycles. The molecule has 0 spiro atoms. The fourth-order valence-corrected chi connectivity index (χ4v) is 6.31. The van der Waals surface area contributed by atoms with Crippen LogP contribution in [0.15, 0.2) is 88.9 Å². The van der Waals surface area contributed by atoms with E-state index in [0.29, 0.717) is 48.4 Å². The van der Waals surface area contributed by atoms with Crippen LogP contribution in [0.2, 0.25) is 0 Å². The Labute approximate surface area is 261 Å². The molecule has 0 aromatic heterocycles. The van der Waals surface area contributed by atoms with Crippen LogP contribution in [0.3, 0.4) is 0 Å². The highest BCUT2D eigenvalue weighted by molar-refractivity contribution is 8.00. The van der Waals surface area contributed by atoms with Gasteiger partial charge in [-0.2, -0.15) is 0 Å². The average molecular weight is 615 g/mol. The Morgan fingerprint density at radius 3 is 2.16 bits per heavy atom. The lowest BCUT2D eigenvalue weighted by molar-refractivity contribution is 0.0854. The Balaban J connectivity index is 1.04. The second-order valence-corrected chi connectivity index (χ2v) is 11.2. The lowest BCUT2D eigenvalue weighted by Crippen LogP contribution is -2.10. The molecule has 2 unspecified atom stereocenters. The zero-order valence-corrected chi connectivity index (χ0v) is 25.8. The number of nitrogens with one attached hydrogen (secondary N) is 1. The maximum absolute atomic E-state index is 6.09. The van der Waals surface area contributed by atoms with Gasteiger partial charge in [0.1, 0.15) is 24.3 Å². The molecule has 2 aliphatic rings. The van der Waals surface area contributed by atoms with Crippen molar-refractivity contribution in [2.75, 3.05) is 47.0 Å². The first kappa shape index (κ1) is 29.4. The average Bonchev–Trinajstić information content (AvgIpc) is 3.74. The molecule has 0 aliphatic carbocycles. The monoisotopic (exact) mass is 614 g/mol. The van der Waals surface area contributed by atoms with Crippen LogP contribution in [-0.2, 0) is 4.84 Å². The molecule has 44 heavy (non-hydrogen) atoms. The van der Waals surface area contributed by atoms with Crippen molar-refractivity contribution in [1.82, 2.24) is 0 Å². The molecule has 0 fully saturated rings. The van der Waals surface area contributed by atoms with E-state index in [0.717, 1.165) is 22.6 Å². The lowest BCUT2D eigenvalue weighted by atomic mass is 9.99. The summed E-state index contributed by atoms with van der Waals surface area (Å²) in [6.07, 6.45) is 0.275. The third kappa shape index (κ3) is 6.16. The standard InChI is InChI=1S/C34H34N2O7S/c1-37-27-14-11-22(28-20-26(36-43-28)23-18-30(38-2)33(40-4)31(19-23)39-3)17-29(27)42-16-15-41-24-12-9-21(10-13-24)34-35-25-7-5-6-8-32(25)44-34/h5-14,17-19,28,34-35H,15-16,20H2,1-4H3. The van der Waals surface area contributed by atoms with Gasteiger partial charge in [-0.25, -0.2) is 0 Å². The molecule has 0 saturated carbocycles. The van der Waals surface area contributed by atoms with Crippen molar-refractivity contribution < 1.29 is 33.3 Å². The molecular formula is C34H34N2O7S. The van der Waals surface area contributed by atoms with E-state index in [9.17, 15) is 0 Å². The van der Waals surface area contributed by atoms with Crippen molar-refractivity contribution in [2.24, 2.45) is 5.16 Å². The van der Waals surface area contributed by atoms with Crippen LogP contribution in [0.4, 0.5) is 5.69 Å². The highest BCUT2D eigenvalue weighted by atomic mass is 32.2. The quantitative estimate of drug-likeness (QED) is 0.166. The van der Waals surface area contributed by atoms with Crippen LogP contribution in [0.5, 0.6) is 34.5 Å². The van der Waals surface area contributed by atoms with Crippen molar-refractivity contribution in [3.8, 4) is 34.5 Å². The number of hydrogen-bond donors (Lipinski definition) is 1. The molecule has 0 saturated heterocycles. The Bertz CT molecular complexity index is 1590. The number of hydrogen-bond acceptors (Lipinski definition) is 10. The maximum atomic E-state index is 6.09. The number of oxime groups is 1. The lowest BCUT2D eigenvalue weighted by Gasteiger charge is -2.15. The molecule has 0 bridgehead atoms. The number of nitrogens with zero attached hydrogens (tertiary/aromatic N) is 1. The van der Waals surface area contributed by atoms with Gasteiger partial charge in [-0.15, -0.1) is 0 Å². The molecular weight excluding hydrogens is 580 g/mol. The molecule has 2 atom stereocenters. The SMILES string of the molecule is COc1ccc(C2CC(c3cc(OC)c(OC)c(OC)c3)=NO2)cc1OCCOc1ccc(C2Nc3ccccc3S2)cc1. The molecule has 228 valence electrons. The molecule has 9 nitrogen and oxygen atoms in total. The highest BCUT2D eigenvalue weighted by Gasteiger charge is 2.27. The summed E-state index contributed by atoms with van der Waals surface area (Å²) in [6.45, 7) is 0.721. The van der Waals surface area contributed by atoms with Gasteiger partial charge >= 0.3 is 0 Å². The van der Waals surface area contributed by atoms with E-state index >= 15 is 0 Å². The Morgan fingerprint density at radius 1 is 0.750 bits per heavy atom. The van der Waals surface area contributed by atoms with Gasteiger partial charge in [-0.05, 0) is 59.7 Å². The first-order valence-corrected chi connectivity index (χ1v) is 15.1. The fraction of sp³-hybridized carbons (Fsp3) is 0.265. The van der Waals surface area contributed by atoms with E-state index in [1.165, 1.54) is 16.1 Å². The molecule has 10 heteroatoms. The summed E-state index contributed by atoms with van der Waals surface area (Å²) >= 11 is 1.82. The predicted octanol–water partition coefficient (Wildman–Crippen LogP) is 7.26. The smallest absolute Gasteiger partial charge is 0.203 e. The molecule has 2 heterocycles. The summed E-state index contributed by atoms with van der Waals surface area (Å²) in [5, 5.41) is 8.11. The zero-order chi connectivity index (χ0) is 30.5. The number of rotatable bonds is 12. The van der Waals surface area contributed by atoms with E-state index in [4.69, 9.17) is 33.3 Å². The van der Waals surface area contributed by atoms with Crippen LogP contribution in [0, 0.1) is 0 Å². The minimum atomic E-state index is -0.285. The number of para-hydroxylation sites is 1. The summed E-state index contributed by atoms with van der Waals surface area (Å²) < 4.78 is 34.0. The number of benzene rings is 4. The number of methoxy groups -OCH3 is 4. The molecule has 6 rings (SSSR count). The minimum Gasteiger partial charge on any atom is -0.493 e. The van der Waals surface area contributed by atoms with Crippen molar-refractivity contribution in [1.29, 1.82) is 0 Å². The van der Waals surface area contributed by atoms with Gasteiger partial charge < -0.3 is 38.6 Å². The van der Waals surface area contributed by atoms with Gasteiger partial charge in [-0.3, -0.25) is 0 Å². The van der Waals surface area contributed by atoms with Crippen molar-refractivity contribution >= 4 is 23.2 Å². The van der Waals surface area contributed by atoms with E-state index < -0.39 is 0 Å². The minimum absolute atomic E-state index is 0.191. The summed E-state index contributed by atoms with van der Waals surface area (Å²) in [4.78, 5) is 7.10. The first-order chi connectivity index (χ1) is 21.6. The van der Waals surface area contributed by atoms with Crippen LogP contribution in [-0.4, -0.2) is 47.4 Å². The Kier molecular flexibility index (Phi) is 8.88. The van der Waals surface area contributed by atoms with Gasteiger partial charge in [-0.1, -0.05) is 47.2 Å². The van der Waals surface area contributed by atoms with Crippen LogP contribution in [0.25, 0.3) is 0 Å². The third-order valence-electron chi connectivity index (χ3n) is 7.44. The number of fused-ring (bicyclic) bond motifs is 1. The van der Waals surface area contributed by atoms with Gasteiger partial charge in [0.2, 0.25) is 5.75 Å². The van der Waals surface area contributed by atoms with Gasteiger partial charge in [0, 0.05) is 22.6 Å². The Hall–Kier alpha value is -4.70. The normalized spacial score (nSPS) is 16.7. The summed E-state index contributed by atoms with van der Waals surface area (Å²) in [7, 11) is 6.37. The summed E-state index contributed by atoms with van der Waals surface area (Å²) in [5.41, 5.74) is 4.90. The van der Waals surface area contributed by atoms with Crippen LogP contribution in [0.1, 0.15) is 34.6 Å². The topological polar surface area (TPSA) is 89.0 Å². The molecule has 1 N–H and O–H groups in total. The van der Waals surface area contributed by atoms with Gasteiger partial charge in [0.15, 0.2) is 29.1 Å². The summed E-state index contributed by atoms with van der Waals surface area (Å²) in [5.74, 6) is 3.67. The number of thioether (sulfide) groups is 1. The van der Waals surface area contributed by atoms with Gasteiger partial charge in [0.25, 0.3) is 0 Å². The Morgan fingerprint density at radius 2 is 1.45 bits per heavy atom. The van der Waals surface area contributed by atoms with E-state index in [1.54, 1.807) is 28.4 Å². The second kappa shape index (κ2) is 13.3. The molecule has 0 amide bonds. The maximum Gasteiger partial charge on any atom is 0.203 e. The second-order valence-electron chi connectivity index (χ2n) is 10.1.